The molecule has 1 aliphatic rings. The predicted octanol–water partition coefficient (Wildman–Crippen LogP) is 3.25. The smallest absolute Gasteiger partial charge is 0.274 e. The van der Waals surface area contributed by atoms with Crippen molar-refractivity contribution in [2.45, 2.75) is 25.0 Å². The number of amides is 1. The van der Waals surface area contributed by atoms with E-state index in [2.05, 4.69) is 20.6 Å². The Kier molecular flexibility index (Phi) is 4.51. The third kappa shape index (κ3) is 3.67. The summed E-state index contributed by atoms with van der Waals surface area (Å²) in [5.74, 6) is 0.899. The zero-order valence-electron chi connectivity index (χ0n) is 16.1. The first-order valence-electron chi connectivity index (χ1n) is 9.63. The van der Waals surface area contributed by atoms with Crippen LogP contribution >= 0.6 is 0 Å². The zero-order chi connectivity index (χ0) is 20.4. The average Bonchev–Trinajstić information content (AvgIpc) is 3.19. The SMILES string of the molecule is O=C(NC1(c2ccccc2)CC1)c1cc(COc2ccc(-n3cncn3)cc2)on1. The first kappa shape index (κ1) is 18.1. The molecule has 1 saturated carbocycles. The van der Waals surface area contributed by atoms with E-state index in [0.29, 0.717) is 11.5 Å². The van der Waals surface area contributed by atoms with E-state index in [1.807, 2.05) is 54.6 Å². The van der Waals surface area contributed by atoms with E-state index in [-0.39, 0.29) is 23.7 Å². The topological polar surface area (TPSA) is 95.1 Å². The lowest BCUT2D eigenvalue weighted by Crippen LogP contribution is -2.35. The number of hydrogen-bond acceptors (Lipinski definition) is 6. The number of carbonyl (C=O) groups is 1. The molecule has 2 aromatic heterocycles. The van der Waals surface area contributed by atoms with Crippen LogP contribution in [0, 0.1) is 0 Å². The lowest BCUT2D eigenvalue weighted by atomic mass is 10.0. The normalized spacial score (nSPS) is 14.3. The van der Waals surface area contributed by atoms with Gasteiger partial charge >= 0.3 is 0 Å². The second-order valence-electron chi connectivity index (χ2n) is 7.20. The third-order valence-corrected chi connectivity index (χ3v) is 5.12. The van der Waals surface area contributed by atoms with Gasteiger partial charge in [0.2, 0.25) is 0 Å². The van der Waals surface area contributed by atoms with Crippen molar-refractivity contribution in [3.63, 3.8) is 0 Å². The highest BCUT2D eigenvalue weighted by atomic mass is 16.5. The maximum Gasteiger partial charge on any atom is 0.274 e. The highest BCUT2D eigenvalue weighted by Gasteiger charge is 2.45. The van der Waals surface area contributed by atoms with Gasteiger partial charge in [-0.2, -0.15) is 5.10 Å². The van der Waals surface area contributed by atoms with Crippen molar-refractivity contribution in [2.75, 3.05) is 0 Å². The van der Waals surface area contributed by atoms with Gasteiger partial charge in [-0.05, 0) is 42.7 Å². The van der Waals surface area contributed by atoms with Gasteiger partial charge in [-0.1, -0.05) is 35.5 Å². The second-order valence-corrected chi connectivity index (χ2v) is 7.20. The van der Waals surface area contributed by atoms with Crippen molar-refractivity contribution in [2.24, 2.45) is 0 Å². The summed E-state index contributed by atoms with van der Waals surface area (Å²) in [5.41, 5.74) is 1.95. The molecule has 0 saturated heterocycles. The summed E-state index contributed by atoms with van der Waals surface area (Å²) in [5, 5.41) is 11.1. The molecule has 5 rings (SSSR count). The second kappa shape index (κ2) is 7.47. The Hall–Kier alpha value is -3.94. The lowest BCUT2D eigenvalue weighted by molar-refractivity contribution is 0.0921. The predicted molar refractivity (Wildman–Crippen MR) is 107 cm³/mol. The molecule has 0 radical (unpaired) electrons. The zero-order valence-corrected chi connectivity index (χ0v) is 16.1. The van der Waals surface area contributed by atoms with Gasteiger partial charge in [-0.3, -0.25) is 4.79 Å². The van der Waals surface area contributed by atoms with E-state index in [1.165, 1.54) is 6.33 Å². The van der Waals surface area contributed by atoms with Gasteiger partial charge in [-0.25, -0.2) is 9.67 Å². The Morgan fingerprint density at radius 2 is 1.93 bits per heavy atom. The Labute approximate surface area is 172 Å². The van der Waals surface area contributed by atoms with Crippen LogP contribution < -0.4 is 10.1 Å². The maximum absolute atomic E-state index is 12.6. The lowest BCUT2D eigenvalue weighted by Gasteiger charge is -2.16. The molecule has 0 spiro atoms. The average molecular weight is 401 g/mol. The molecule has 30 heavy (non-hydrogen) atoms. The minimum absolute atomic E-state index is 0.173. The van der Waals surface area contributed by atoms with Crippen molar-refractivity contribution >= 4 is 5.91 Å². The molecule has 1 N–H and O–H groups in total. The molecule has 1 amide bonds. The summed E-state index contributed by atoms with van der Waals surface area (Å²) >= 11 is 0. The van der Waals surface area contributed by atoms with E-state index in [1.54, 1.807) is 17.1 Å². The van der Waals surface area contributed by atoms with Gasteiger partial charge in [0.25, 0.3) is 5.91 Å². The summed E-state index contributed by atoms with van der Waals surface area (Å²) in [6, 6.07) is 19.0. The van der Waals surface area contributed by atoms with E-state index < -0.39 is 0 Å². The molecule has 0 bridgehead atoms. The van der Waals surface area contributed by atoms with Crippen LogP contribution in [-0.4, -0.2) is 25.8 Å². The fourth-order valence-corrected chi connectivity index (χ4v) is 3.33. The summed E-state index contributed by atoms with van der Waals surface area (Å²) < 4.78 is 12.7. The largest absolute Gasteiger partial charge is 0.486 e. The minimum atomic E-state index is -0.292. The molecule has 2 aromatic carbocycles. The first-order chi connectivity index (χ1) is 14.7. The Bertz CT molecular complexity index is 1130. The molecule has 4 aromatic rings. The van der Waals surface area contributed by atoms with Crippen molar-refractivity contribution < 1.29 is 14.1 Å². The molecule has 0 aliphatic heterocycles. The quantitative estimate of drug-likeness (QED) is 0.511. The summed E-state index contributed by atoms with van der Waals surface area (Å²) in [7, 11) is 0. The molecule has 2 heterocycles. The number of nitrogens with one attached hydrogen (secondary N) is 1. The van der Waals surface area contributed by atoms with Gasteiger partial charge in [0.1, 0.15) is 25.0 Å². The number of rotatable bonds is 7. The van der Waals surface area contributed by atoms with Crippen LogP contribution in [0.4, 0.5) is 0 Å². The molecular formula is C22H19N5O3. The van der Waals surface area contributed by atoms with Crippen LogP contribution in [0.3, 0.4) is 0 Å². The standard InChI is InChI=1S/C22H19N5O3/c28-21(25-22(10-11-22)16-4-2-1-3-5-16)20-12-19(30-26-20)13-29-18-8-6-17(7-9-18)27-15-23-14-24-27/h1-9,12,14-15H,10-11,13H2,(H,25,28). The van der Waals surface area contributed by atoms with Gasteiger partial charge in [0.05, 0.1) is 11.2 Å². The van der Waals surface area contributed by atoms with Gasteiger partial charge in [0.15, 0.2) is 11.5 Å². The van der Waals surface area contributed by atoms with Crippen molar-refractivity contribution in [1.29, 1.82) is 0 Å². The number of ether oxygens (including phenoxy) is 1. The number of hydrogen-bond donors (Lipinski definition) is 1. The Morgan fingerprint density at radius 1 is 1.13 bits per heavy atom. The molecular weight excluding hydrogens is 382 g/mol. The fourth-order valence-electron chi connectivity index (χ4n) is 3.33. The number of carbonyl (C=O) groups excluding carboxylic acids is 1. The van der Waals surface area contributed by atoms with Crippen LogP contribution in [0.15, 0.2) is 77.8 Å². The van der Waals surface area contributed by atoms with E-state index in [9.17, 15) is 4.79 Å². The van der Waals surface area contributed by atoms with E-state index in [0.717, 1.165) is 24.1 Å². The Balaban J connectivity index is 1.19. The van der Waals surface area contributed by atoms with Crippen molar-refractivity contribution in [3.05, 3.63) is 90.3 Å². The molecule has 0 unspecified atom stereocenters. The summed E-state index contributed by atoms with van der Waals surface area (Å²) in [6.45, 7) is 0.173. The molecule has 0 atom stereocenters. The first-order valence-corrected chi connectivity index (χ1v) is 9.63. The molecule has 1 aliphatic carbocycles. The van der Waals surface area contributed by atoms with Gasteiger partial charge < -0.3 is 14.6 Å². The highest BCUT2D eigenvalue weighted by Crippen LogP contribution is 2.45. The number of benzene rings is 2. The van der Waals surface area contributed by atoms with Crippen LogP contribution in [-0.2, 0) is 12.1 Å². The monoisotopic (exact) mass is 401 g/mol. The summed E-state index contributed by atoms with van der Waals surface area (Å²) in [4.78, 5) is 16.5. The molecule has 8 nitrogen and oxygen atoms in total. The minimum Gasteiger partial charge on any atom is -0.486 e. The highest BCUT2D eigenvalue weighted by molar-refractivity contribution is 5.93. The van der Waals surface area contributed by atoms with Gasteiger partial charge in [0, 0.05) is 6.07 Å². The van der Waals surface area contributed by atoms with Crippen LogP contribution in [0.5, 0.6) is 5.75 Å². The van der Waals surface area contributed by atoms with Crippen molar-refractivity contribution in [3.8, 4) is 11.4 Å². The van der Waals surface area contributed by atoms with Crippen molar-refractivity contribution in [1.82, 2.24) is 25.2 Å². The van der Waals surface area contributed by atoms with E-state index in [4.69, 9.17) is 9.26 Å². The van der Waals surface area contributed by atoms with Crippen LogP contribution in [0.1, 0.15) is 34.7 Å². The van der Waals surface area contributed by atoms with Gasteiger partial charge in [-0.15, -0.1) is 0 Å². The van der Waals surface area contributed by atoms with Crippen LogP contribution in [0.2, 0.25) is 0 Å². The molecule has 8 heteroatoms. The summed E-state index contributed by atoms with van der Waals surface area (Å²) in [6.07, 6.45) is 4.94. The van der Waals surface area contributed by atoms with E-state index >= 15 is 0 Å². The maximum atomic E-state index is 12.6. The number of nitrogens with zero attached hydrogens (tertiary/aromatic N) is 4. The number of aromatic nitrogens is 4. The molecule has 150 valence electrons. The third-order valence-electron chi connectivity index (χ3n) is 5.12. The van der Waals surface area contributed by atoms with Crippen LogP contribution in [0.25, 0.3) is 5.69 Å². The fraction of sp³-hybridized carbons (Fsp3) is 0.182. The Morgan fingerprint density at radius 3 is 2.63 bits per heavy atom. The molecule has 1 fully saturated rings.